The van der Waals surface area contributed by atoms with Crippen molar-refractivity contribution < 1.29 is 0 Å². The van der Waals surface area contributed by atoms with Crippen LogP contribution in [-0.4, -0.2) is 51.5 Å². The normalized spacial score (nSPS) is 14.8. The van der Waals surface area contributed by atoms with Crippen molar-refractivity contribution in [1.82, 2.24) is 24.4 Å². The minimum atomic E-state index is -0.0777. The predicted octanol–water partition coefficient (Wildman–Crippen LogP) is 0.285. The Morgan fingerprint density at radius 2 is 2.04 bits per heavy atom. The van der Waals surface area contributed by atoms with E-state index < -0.39 is 0 Å². The summed E-state index contributed by atoms with van der Waals surface area (Å²) in [6.45, 7) is 5.78. The van der Waals surface area contributed by atoms with Crippen molar-refractivity contribution in [3.8, 4) is 11.8 Å². The molecule has 1 aliphatic heterocycles. The first-order valence-corrected chi connectivity index (χ1v) is 8.76. The Morgan fingerprint density at radius 3 is 2.70 bits per heavy atom. The zero-order valence-electron chi connectivity index (χ0n) is 13.6. The van der Waals surface area contributed by atoms with Crippen LogP contribution in [0.25, 0.3) is 11.2 Å². The summed E-state index contributed by atoms with van der Waals surface area (Å²) in [5.74, 6) is 6.73. The highest BCUT2D eigenvalue weighted by molar-refractivity contribution is 7.98. The van der Waals surface area contributed by atoms with Gasteiger partial charge in [-0.3, -0.25) is 13.9 Å². The van der Waals surface area contributed by atoms with E-state index in [1.807, 2.05) is 10.8 Å². The summed E-state index contributed by atoms with van der Waals surface area (Å²) in [5.41, 5.74) is 0.955. The minimum Gasteiger partial charge on any atom is -0.340 e. The predicted molar refractivity (Wildman–Crippen MR) is 93.1 cm³/mol. The number of fused-ring (bicyclic) bond motifs is 1. The van der Waals surface area contributed by atoms with E-state index in [4.69, 9.17) is 0 Å². The second kappa shape index (κ2) is 6.64. The molecule has 3 heterocycles. The molecule has 122 valence electrons. The summed E-state index contributed by atoms with van der Waals surface area (Å²) < 4.78 is 3.47. The molecule has 0 aliphatic carbocycles. The minimum absolute atomic E-state index is 0.0777. The topological polar surface area (TPSA) is 68.0 Å². The summed E-state index contributed by atoms with van der Waals surface area (Å²) >= 11 is 1.44. The lowest BCUT2D eigenvalue weighted by Gasteiger charge is -2.28. The van der Waals surface area contributed by atoms with E-state index in [1.165, 1.54) is 11.8 Å². The molecule has 1 fully saturated rings. The molecule has 3 rings (SSSR count). The Hall–Kier alpha value is -1.98. The van der Waals surface area contributed by atoms with Gasteiger partial charge in [0.25, 0.3) is 5.56 Å². The molecule has 0 atom stereocenters. The second-order valence-electron chi connectivity index (χ2n) is 5.30. The van der Waals surface area contributed by atoms with Crippen LogP contribution in [0.2, 0.25) is 0 Å². The number of piperazine rings is 1. The van der Waals surface area contributed by atoms with Crippen molar-refractivity contribution in [2.75, 3.05) is 37.3 Å². The third-order valence-electron chi connectivity index (χ3n) is 3.92. The number of imidazole rings is 1. The summed E-state index contributed by atoms with van der Waals surface area (Å²) in [7, 11) is 1.74. The van der Waals surface area contributed by atoms with Gasteiger partial charge in [-0.1, -0.05) is 17.7 Å². The van der Waals surface area contributed by atoms with Crippen molar-refractivity contribution >= 4 is 28.9 Å². The second-order valence-corrected chi connectivity index (χ2v) is 6.07. The van der Waals surface area contributed by atoms with Gasteiger partial charge in [-0.15, -0.1) is 5.92 Å². The number of thioether (sulfide) groups is 1. The molecule has 0 spiro atoms. The van der Waals surface area contributed by atoms with Crippen molar-refractivity contribution in [1.29, 1.82) is 0 Å². The Morgan fingerprint density at radius 1 is 1.30 bits per heavy atom. The quantitative estimate of drug-likeness (QED) is 0.495. The van der Waals surface area contributed by atoms with Crippen molar-refractivity contribution in [2.45, 2.75) is 18.6 Å². The lowest BCUT2D eigenvalue weighted by atomic mass is 10.4. The van der Waals surface area contributed by atoms with Crippen LogP contribution in [0, 0.1) is 11.8 Å². The highest BCUT2D eigenvalue weighted by Crippen LogP contribution is 2.21. The summed E-state index contributed by atoms with van der Waals surface area (Å²) in [4.78, 5) is 24.1. The standard InChI is InChI=1S/C15H20N6OS/c1-4-5-8-21-11-12(18-15(23-3)19(2)13(11)22)17-14(21)20-9-6-16-7-10-20/h16H,6-10H2,1-3H3. The molecule has 1 N–H and O–H groups in total. The monoisotopic (exact) mass is 332 g/mol. The van der Waals surface area contributed by atoms with E-state index in [1.54, 1.807) is 18.5 Å². The van der Waals surface area contributed by atoms with Crippen LogP contribution in [0.15, 0.2) is 9.95 Å². The molecule has 0 bridgehead atoms. The van der Waals surface area contributed by atoms with Crippen LogP contribution >= 0.6 is 11.8 Å². The lowest BCUT2D eigenvalue weighted by molar-refractivity contribution is 0.573. The molecule has 1 saturated heterocycles. The molecule has 7 nitrogen and oxygen atoms in total. The Balaban J connectivity index is 2.23. The zero-order valence-corrected chi connectivity index (χ0v) is 14.4. The van der Waals surface area contributed by atoms with Crippen LogP contribution < -0.4 is 15.8 Å². The average molecular weight is 332 g/mol. The Kier molecular flexibility index (Phi) is 4.59. The van der Waals surface area contributed by atoms with Crippen LogP contribution in [0.4, 0.5) is 5.95 Å². The Bertz CT molecular complexity index is 837. The van der Waals surface area contributed by atoms with Crippen LogP contribution in [-0.2, 0) is 13.6 Å². The molecule has 0 aromatic carbocycles. The van der Waals surface area contributed by atoms with Gasteiger partial charge < -0.3 is 10.2 Å². The molecule has 0 saturated carbocycles. The van der Waals surface area contributed by atoms with Gasteiger partial charge in [0.1, 0.15) is 0 Å². The number of hydrogen-bond acceptors (Lipinski definition) is 6. The fourth-order valence-electron chi connectivity index (χ4n) is 2.73. The third kappa shape index (κ3) is 2.82. The first kappa shape index (κ1) is 15.9. The fourth-order valence-corrected chi connectivity index (χ4v) is 3.26. The van der Waals surface area contributed by atoms with Gasteiger partial charge in [0.15, 0.2) is 16.3 Å². The first-order valence-electron chi connectivity index (χ1n) is 7.54. The number of hydrogen-bond donors (Lipinski definition) is 1. The number of rotatable bonds is 3. The SMILES string of the molecule is CC#CCn1c(N2CCNCC2)nc2nc(SC)n(C)c(=O)c21. The number of aromatic nitrogens is 4. The van der Waals surface area contributed by atoms with Gasteiger partial charge >= 0.3 is 0 Å². The summed E-state index contributed by atoms with van der Waals surface area (Å²) in [5, 5.41) is 4.00. The van der Waals surface area contributed by atoms with Crippen molar-refractivity contribution in [2.24, 2.45) is 7.05 Å². The van der Waals surface area contributed by atoms with Gasteiger partial charge in [0.05, 0.1) is 6.54 Å². The molecule has 2 aromatic rings. The highest BCUT2D eigenvalue weighted by Gasteiger charge is 2.22. The van der Waals surface area contributed by atoms with Gasteiger partial charge in [0.2, 0.25) is 5.95 Å². The molecule has 1 aliphatic rings. The maximum Gasteiger partial charge on any atom is 0.280 e. The largest absolute Gasteiger partial charge is 0.340 e. The van der Waals surface area contributed by atoms with Gasteiger partial charge in [0, 0.05) is 33.2 Å². The van der Waals surface area contributed by atoms with Gasteiger partial charge in [-0.25, -0.2) is 4.98 Å². The Labute approximate surface area is 139 Å². The molecule has 2 aromatic heterocycles. The summed E-state index contributed by atoms with van der Waals surface area (Å²) in [6.07, 6.45) is 1.91. The van der Waals surface area contributed by atoms with E-state index in [0.29, 0.717) is 22.9 Å². The van der Waals surface area contributed by atoms with E-state index in [9.17, 15) is 4.79 Å². The van der Waals surface area contributed by atoms with Crippen molar-refractivity contribution in [3.05, 3.63) is 10.4 Å². The number of nitrogens with one attached hydrogen (secondary N) is 1. The maximum absolute atomic E-state index is 12.8. The number of anilines is 1. The van der Waals surface area contributed by atoms with Gasteiger partial charge in [-0.05, 0) is 13.2 Å². The smallest absolute Gasteiger partial charge is 0.280 e. The van der Waals surface area contributed by atoms with E-state index in [0.717, 1.165) is 32.1 Å². The molecule has 8 heteroatoms. The van der Waals surface area contributed by atoms with Crippen LogP contribution in [0.5, 0.6) is 0 Å². The van der Waals surface area contributed by atoms with Gasteiger partial charge in [-0.2, -0.15) is 4.98 Å². The molecular weight excluding hydrogens is 312 g/mol. The number of nitrogens with zero attached hydrogens (tertiary/aromatic N) is 5. The molecule has 23 heavy (non-hydrogen) atoms. The molecule has 0 radical (unpaired) electrons. The fraction of sp³-hybridized carbons (Fsp3) is 0.533. The lowest BCUT2D eigenvalue weighted by Crippen LogP contribution is -2.44. The van der Waals surface area contributed by atoms with E-state index >= 15 is 0 Å². The van der Waals surface area contributed by atoms with Crippen molar-refractivity contribution in [3.63, 3.8) is 0 Å². The third-order valence-corrected chi connectivity index (χ3v) is 4.65. The maximum atomic E-state index is 12.8. The van der Waals surface area contributed by atoms with Crippen LogP contribution in [0.1, 0.15) is 6.92 Å². The van der Waals surface area contributed by atoms with Crippen LogP contribution in [0.3, 0.4) is 0 Å². The molecular formula is C15H20N6OS. The molecule has 0 amide bonds. The zero-order chi connectivity index (χ0) is 16.4. The van der Waals surface area contributed by atoms with E-state index in [-0.39, 0.29) is 5.56 Å². The van der Waals surface area contributed by atoms with E-state index in [2.05, 4.69) is 32.0 Å². The average Bonchev–Trinajstić information content (AvgIpc) is 2.95. The highest BCUT2D eigenvalue weighted by atomic mass is 32.2. The molecule has 0 unspecified atom stereocenters. The first-order chi connectivity index (χ1) is 11.2. The summed E-state index contributed by atoms with van der Waals surface area (Å²) in [6, 6.07) is 0.